The van der Waals surface area contributed by atoms with Gasteiger partial charge in [-0.05, 0) is 40.0 Å². The van der Waals surface area contributed by atoms with Crippen LogP contribution in [0.15, 0.2) is 22.7 Å². The van der Waals surface area contributed by atoms with Crippen molar-refractivity contribution in [3.8, 4) is 0 Å². The number of nitrogens with two attached hydrogens (primary N) is 1. The van der Waals surface area contributed by atoms with E-state index in [-0.39, 0.29) is 12.5 Å². The maximum absolute atomic E-state index is 11.1. The number of amides is 1. The van der Waals surface area contributed by atoms with E-state index in [1.165, 1.54) is 0 Å². The van der Waals surface area contributed by atoms with Gasteiger partial charge in [0.05, 0.1) is 12.2 Å². The van der Waals surface area contributed by atoms with Crippen LogP contribution in [-0.4, -0.2) is 25.3 Å². The summed E-state index contributed by atoms with van der Waals surface area (Å²) in [5.74, 6) is 0.0315. The standard InChI is InChI=1S/C13H17BrN2O2/c1-9(2)6-16(7-13(15)18)12-4-3-10(8-17)5-11(12)14/h3-5,8-9H,6-7H2,1-2H3,(H2,15,18). The van der Waals surface area contributed by atoms with Crippen LogP contribution in [0.25, 0.3) is 0 Å². The second-order valence-electron chi connectivity index (χ2n) is 4.57. The lowest BCUT2D eigenvalue weighted by molar-refractivity contribution is -0.116. The van der Waals surface area contributed by atoms with E-state index in [9.17, 15) is 9.59 Å². The molecule has 0 unspecified atom stereocenters. The van der Waals surface area contributed by atoms with Crippen molar-refractivity contribution in [2.24, 2.45) is 11.7 Å². The Hall–Kier alpha value is -1.36. The molecule has 1 amide bonds. The van der Waals surface area contributed by atoms with Gasteiger partial charge in [-0.1, -0.05) is 13.8 Å². The highest BCUT2D eigenvalue weighted by Gasteiger charge is 2.14. The van der Waals surface area contributed by atoms with Crippen molar-refractivity contribution in [2.45, 2.75) is 13.8 Å². The number of anilines is 1. The first kappa shape index (κ1) is 14.7. The van der Waals surface area contributed by atoms with Gasteiger partial charge in [-0.2, -0.15) is 0 Å². The fourth-order valence-corrected chi connectivity index (χ4v) is 2.38. The predicted molar refractivity (Wildman–Crippen MR) is 75.8 cm³/mol. The number of hydrogen-bond acceptors (Lipinski definition) is 3. The number of nitrogens with zero attached hydrogens (tertiary/aromatic N) is 1. The van der Waals surface area contributed by atoms with Gasteiger partial charge in [-0.3, -0.25) is 9.59 Å². The van der Waals surface area contributed by atoms with Gasteiger partial charge in [0.15, 0.2) is 0 Å². The normalized spacial score (nSPS) is 10.4. The highest BCUT2D eigenvalue weighted by Crippen LogP contribution is 2.27. The molecule has 0 saturated heterocycles. The molecule has 5 heteroatoms. The van der Waals surface area contributed by atoms with Gasteiger partial charge < -0.3 is 10.6 Å². The molecular formula is C13H17BrN2O2. The zero-order valence-electron chi connectivity index (χ0n) is 10.5. The van der Waals surface area contributed by atoms with Gasteiger partial charge in [0, 0.05) is 16.6 Å². The van der Waals surface area contributed by atoms with Gasteiger partial charge in [0.25, 0.3) is 0 Å². The number of aldehydes is 1. The summed E-state index contributed by atoms with van der Waals surface area (Å²) in [6.45, 7) is 5.03. The summed E-state index contributed by atoms with van der Waals surface area (Å²) < 4.78 is 0.786. The lowest BCUT2D eigenvalue weighted by Gasteiger charge is -2.26. The van der Waals surface area contributed by atoms with Gasteiger partial charge >= 0.3 is 0 Å². The average molecular weight is 313 g/mol. The molecule has 98 valence electrons. The van der Waals surface area contributed by atoms with Crippen LogP contribution in [0.1, 0.15) is 24.2 Å². The Morgan fingerprint density at radius 3 is 2.61 bits per heavy atom. The van der Waals surface area contributed by atoms with Gasteiger partial charge in [-0.25, -0.2) is 0 Å². The van der Waals surface area contributed by atoms with Crippen molar-refractivity contribution in [3.63, 3.8) is 0 Å². The maximum Gasteiger partial charge on any atom is 0.236 e. The Morgan fingerprint density at radius 1 is 1.50 bits per heavy atom. The number of hydrogen-bond donors (Lipinski definition) is 1. The molecule has 0 aliphatic rings. The molecule has 0 aliphatic heterocycles. The van der Waals surface area contributed by atoms with Crippen LogP contribution in [0.3, 0.4) is 0 Å². The minimum Gasteiger partial charge on any atom is -0.368 e. The summed E-state index contributed by atoms with van der Waals surface area (Å²) in [6.07, 6.45) is 0.787. The first-order valence-corrected chi connectivity index (χ1v) is 6.51. The molecule has 1 aromatic carbocycles. The monoisotopic (exact) mass is 312 g/mol. The number of primary amides is 1. The first-order chi connectivity index (χ1) is 8.43. The van der Waals surface area contributed by atoms with E-state index in [1.807, 2.05) is 11.0 Å². The Morgan fingerprint density at radius 2 is 2.17 bits per heavy atom. The van der Waals surface area contributed by atoms with Crippen molar-refractivity contribution < 1.29 is 9.59 Å². The van der Waals surface area contributed by atoms with Crippen molar-refractivity contribution in [2.75, 3.05) is 18.0 Å². The number of carbonyl (C=O) groups excluding carboxylic acids is 2. The number of halogens is 1. The zero-order chi connectivity index (χ0) is 13.7. The number of carbonyl (C=O) groups is 2. The second-order valence-corrected chi connectivity index (χ2v) is 5.42. The quantitative estimate of drug-likeness (QED) is 0.819. The molecule has 0 fully saturated rings. The SMILES string of the molecule is CC(C)CN(CC(N)=O)c1ccc(C=O)cc1Br. The summed E-state index contributed by atoms with van der Waals surface area (Å²) in [4.78, 5) is 23.7. The molecule has 2 N–H and O–H groups in total. The van der Waals surface area contributed by atoms with E-state index in [0.29, 0.717) is 11.5 Å². The highest BCUT2D eigenvalue weighted by molar-refractivity contribution is 9.10. The zero-order valence-corrected chi connectivity index (χ0v) is 12.1. The fourth-order valence-electron chi connectivity index (χ4n) is 1.73. The van der Waals surface area contributed by atoms with Crippen LogP contribution in [0, 0.1) is 5.92 Å². The van der Waals surface area contributed by atoms with Crippen molar-refractivity contribution in [1.82, 2.24) is 0 Å². The van der Waals surface area contributed by atoms with Gasteiger partial charge in [-0.15, -0.1) is 0 Å². The first-order valence-electron chi connectivity index (χ1n) is 5.72. The van der Waals surface area contributed by atoms with E-state index >= 15 is 0 Å². The number of rotatable bonds is 6. The Labute approximate surface area is 115 Å². The topological polar surface area (TPSA) is 63.4 Å². The molecule has 0 aromatic heterocycles. The molecule has 1 rings (SSSR count). The van der Waals surface area contributed by atoms with Crippen molar-refractivity contribution in [1.29, 1.82) is 0 Å². The summed E-state index contributed by atoms with van der Waals surface area (Å²) in [6, 6.07) is 5.28. The Balaban J connectivity index is 3.03. The Bertz CT molecular complexity index is 447. The van der Waals surface area contributed by atoms with Gasteiger partial charge in [0.1, 0.15) is 6.29 Å². The Kier molecular flexibility index (Phi) is 5.34. The van der Waals surface area contributed by atoms with E-state index < -0.39 is 0 Å². The molecule has 0 heterocycles. The largest absolute Gasteiger partial charge is 0.368 e. The molecule has 0 aliphatic carbocycles. The second kappa shape index (κ2) is 6.54. The summed E-state index contributed by atoms with van der Waals surface area (Å²) >= 11 is 3.42. The molecule has 18 heavy (non-hydrogen) atoms. The van der Waals surface area contributed by atoms with E-state index in [1.54, 1.807) is 12.1 Å². The summed E-state index contributed by atoms with van der Waals surface area (Å²) in [7, 11) is 0. The highest BCUT2D eigenvalue weighted by atomic mass is 79.9. The molecular weight excluding hydrogens is 296 g/mol. The van der Waals surface area contributed by atoms with Crippen LogP contribution in [-0.2, 0) is 4.79 Å². The third kappa shape index (κ3) is 4.14. The minimum atomic E-state index is -0.373. The lowest BCUT2D eigenvalue weighted by Crippen LogP contribution is -2.36. The molecule has 1 aromatic rings. The van der Waals surface area contributed by atoms with Crippen LogP contribution >= 0.6 is 15.9 Å². The number of benzene rings is 1. The summed E-state index contributed by atoms with van der Waals surface area (Å²) in [5.41, 5.74) is 6.72. The molecule has 0 bridgehead atoms. The van der Waals surface area contributed by atoms with Crippen molar-refractivity contribution >= 4 is 33.8 Å². The van der Waals surface area contributed by atoms with Crippen LogP contribution < -0.4 is 10.6 Å². The molecule has 0 spiro atoms. The van der Waals surface area contributed by atoms with Crippen LogP contribution in [0.2, 0.25) is 0 Å². The van der Waals surface area contributed by atoms with E-state index in [4.69, 9.17) is 5.73 Å². The van der Waals surface area contributed by atoms with Crippen LogP contribution in [0.4, 0.5) is 5.69 Å². The fraction of sp³-hybridized carbons (Fsp3) is 0.385. The van der Waals surface area contributed by atoms with Crippen LogP contribution in [0.5, 0.6) is 0 Å². The molecule has 0 saturated carbocycles. The van der Waals surface area contributed by atoms with Gasteiger partial charge in [0.2, 0.25) is 5.91 Å². The third-order valence-electron chi connectivity index (χ3n) is 2.38. The smallest absolute Gasteiger partial charge is 0.236 e. The predicted octanol–water partition coefficient (Wildman–Crippen LogP) is 2.21. The maximum atomic E-state index is 11.1. The molecule has 0 atom stereocenters. The minimum absolute atomic E-state index is 0.164. The third-order valence-corrected chi connectivity index (χ3v) is 3.02. The lowest BCUT2D eigenvalue weighted by atomic mass is 10.1. The average Bonchev–Trinajstić information content (AvgIpc) is 2.26. The van der Waals surface area contributed by atoms with E-state index in [2.05, 4.69) is 29.8 Å². The van der Waals surface area contributed by atoms with E-state index in [0.717, 1.165) is 23.0 Å². The molecule has 4 nitrogen and oxygen atoms in total. The molecule has 0 radical (unpaired) electrons. The van der Waals surface area contributed by atoms with Crippen molar-refractivity contribution in [3.05, 3.63) is 28.2 Å². The summed E-state index contributed by atoms with van der Waals surface area (Å²) in [5, 5.41) is 0.